The highest BCUT2D eigenvalue weighted by atomic mass is 32.1. The molecule has 0 aromatic carbocycles. The van der Waals surface area contributed by atoms with Crippen LogP contribution in [-0.4, -0.2) is 20.3 Å². The van der Waals surface area contributed by atoms with Crippen LogP contribution in [-0.2, 0) is 12.1 Å². The highest BCUT2D eigenvalue weighted by Crippen LogP contribution is 2.40. The van der Waals surface area contributed by atoms with Crippen LogP contribution in [0.4, 0.5) is 8.78 Å². The van der Waals surface area contributed by atoms with Gasteiger partial charge in [0.25, 0.3) is 6.43 Å². The lowest BCUT2D eigenvalue weighted by atomic mass is 9.76. The number of alkyl halides is 2. The predicted octanol–water partition coefficient (Wildman–Crippen LogP) is 2.34. The van der Waals surface area contributed by atoms with Gasteiger partial charge in [0.05, 0.1) is 12.1 Å². The van der Waals surface area contributed by atoms with Crippen molar-refractivity contribution in [3.8, 4) is 0 Å². The topological polar surface area (TPSA) is 76.7 Å². The smallest absolute Gasteiger partial charge is 0.291 e. The Labute approximate surface area is 117 Å². The summed E-state index contributed by atoms with van der Waals surface area (Å²) in [7, 11) is 0. The first kappa shape index (κ1) is 13.5. The van der Waals surface area contributed by atoms with Gasteiger partial charge >= 0.3 is 0 Å². The average molecular weight is 301 g/mol. The minimum Gasteiger partial charge on any atom is -0.340 e. The summed E-state index contributed by atoms with van der Waals surface area (Å²) in [5.74, 6) is 1.14. The van der Waals surface area contributed by atoms with Crippen LogP contribution in [0.3, 0.4) is 0 Å². The number of hydrogen-bond acceptors (Lipinski definition) is 7. The first-order valence-electron chi connectivity index (χ1n) is 6.25. The Bertz CT molecular complexity index is 595. The first-order valence-corrected chi connectivity index (χ1v) is 7.07. The zero-order valence-corrected chi connectivity index (χ0v) is 11.6. The van der Waals surface area contributed by atoms with Gasteiger partial charge in [0.15, 0.2) is 10.8 Å². The summed E-state index contributed by atoms with van der Waals surface area (Å²) in [6, 6.07) is 0. The molecule has 2 heterocycles. The number of nitrogens with one attached hydrogen (secondary N) is 1. The minimum atomic E-state index is -2.57. The van der Waals surface area contributed by atoms with Crippen LogP contribution in [0, 0.1) is 6.92 Å². The van der Waals surface area contributed by atoms with E-state index in [2.05, 4.69) is 25.7 Å². The molecule has 2 aromatic rings. The maximum absolute atomic E-state index is 12.5. The number of halogens is 2. The molecule has 1 aliphatic carbocycles. The van der Waals surface area contributed by atoms with Crippen molar-refractivity contribution < 1.29 is 13.3 Å². The second-order valence-corrected chi connectivity index (χ2v) is 5.85. The Hall–Kier alpha value is -1.48. The fourth-order valence-corrected chi connectivity index (χ4v) is 2.81. The molecule has 20 heavy (non-hydrogen) atoms. The third-order valence-corrected chi connectivity index (χ3v) is 4.34. The van der Waals surface area contributed by atoms with Crippen molar-refractivity contribution in [1.29, 1.82) is 0 Å². The highest BCUT2D eigenvalue weighted by Gasteiger charge is 2.42. The molecule has 1 N–H and O–H groups in total. The molecule has 0 bridgehead atoms. The predicted molar refractivity (Wildman–Crippen MR) is 66.3 cm³/mol. The van der Waals surface area contributed by atoms with E-state index < -0.39 is 6.43 Å². The molecule has 1 saturated carbocycles. The SMILES string of the molecule is Cc1nc(C2(NCc3nnc(C(F)F)s3)CCC2)no1. The lowest BCUT2D eigenvalue weighted by Gasteiger charge is -2.39. The molecule has 1 aliphatic rings. The summed E-state index contributed by atoms with van der Waals surface area (Å²) in [5.41, 5.74) is -0.325. The van der Waals surface area contributed by atoms with Crippen LogP contribution in [0.5, 0.6) is 0 Å². The summed E-state index contributed by atoms with van der Waals surface area (Å²) in [5, 5.41) is 14.8. The molecule has 1 fully saturated rings. The first-order chi connectivity index (χ1) is 9.59. The van der Waals surface area contributed by atoms with Gasteiger partial charge in [-0.25, -0.2) is 8.78 Å². The Balaban J connectivity index is 1.69. The van der Waals surface area contributed by atoms with Crippen LogP contribution in [0.15, 0.2) is 4.52 Å². The zero-order chi connectivity index (χ0) is 14.2. The Morgan fingerprint density at radius 3 is 2.70 bits per heavy atom. The third-order valence-electron chi connectivity index (χ3n) is 3.41. The van der Waals surface area contributed by atoms with Gasteiger partial charge in [-0.15, -0.1) is 10.2 Å². The normalized spacial score (nSPS) is 17.4. The van der Waals surface area contributed by atoms with Gasteiger partial charge in [-0.2, -0.15) is 4.98 Å². The van der Waals surface area contributed by atoms with Gasteiger partial charge in [-0.05, 0) is 19.3 Å². The highest BCUT2D eigenvalue weighted by molar-refractivity contribution is 7.11. The molecule has 0 amide bonds. The van der Waals surface area contributed by atoms with Gasteiger partial charge in [0, 0.05) is 6.92 Å². The molecule has 0 spiro atoms. The molecule has 9 heteroatoms. The van der Waals surface area contributed by atoms with Crippen LogP contribution < -0.4 is 5.32 Å². The Morgan fingerprint density at radius 1 is 1.40 bits per heavy atom. The summed E-state index contributed by atoms with van der Waals surface area (Å²) < 4.78 is 29.9. The van der Waals surface area contributed by atoms with Gasteiger partial charge in [-0.3, -0.25) is 5.32 Å². The van der Waals surface area contributed by atoms with E-state index in [1.54, 1.807) is 6.92 Å². The average Bonchev–Trinajstić information content (AvgIpc) is 2.97. The van der Waals surface area contributed by atoms with E-state index in [1.165, 1.54) is 0 Å². The van der Waals surface area contributed by atoms with Crippen molar-refractivity contribution in [2.45, 2.75) is 44.7 Å². The fraction of sp³-hybridized carbons (Fsp3) is 0.636. The third kappa shape index (κ3) is 2.42. The molecule has 6 nitrogen and oxygen atoms in total. The van der Waals surface area contributed by atoms with Gasteiger partial charge in [0.1, 0.15) is 5.01 Å². The monoisotopic (exact) mass is 301 g/mol. The van der Waals surface area contributed by atoms with Crippen molar-refractivity contribution in [1.82, 2.24) is 25.7 Å². The number of rotatable bonds is 5. The van der Waals surface area contributed by atoms with Crippen LogP contribution >= 0.6 is 11.3 Å². The molecule has 0 radical (unpaired) electrons. The minimum absolute atomic E-state index is 0.250. The fourth-order valence-electron chi connectivity index (χ4n) is 2.17. The largest absolute Gasteiger partial charge is 0.340 e. The molecule has 0 aliphatic heterocycles. The molecule has 0 atom stereocenters. The standard InChI is InChI=1S/C11H13F2N5OS/c1-6-15-10(18-19-6)11(3-2-4-11)14-5-7-16-17-9(20-7)8(12)13/h8,14H,2-5H2,1H3. The zero-order valence-electron chi connectivity index (χ0n) is 10.8. The summed E-state index contributed by atoms with van der Waals surface area (Å²) >= 11 is 0.918. The van der Waals surface area contributed by atoms with Crippen molar-refractivity contribution in [2.24, 2.45) is 0 Å². The molecular formula is C11H13F2N5OS. The van der Waals surface area contributed by atoms with Crippen molar-refractivity contribution >= 4 is 11.3 Å². The second-order valence-electron chi connectivity index (χ2n) is 4.76. The van der Waals surface area contributed by atoms with Gasteiger partial charge in [0.2, 0.25) is 5.89 Å². The Kier molecular flexibility index (Phi) is 3.47. The van der Waals surface area contributed by atoms with E-state index in [4.69, 9.17) is 4.52 Å². The number of hydrogen-bond donors (Lipinski definition) is 1. The van der Waals surface area contributed by atoms with Crippen LogP contribution in [0.25, 0.3) is 0 Å². The summed E-state index contributed by atoms with van der Waals surface area (Å²) in [6.45, 7) is 2.11. The quantitative estimate of drug-likeness (QED) is 0.913. The number of aryl methyl sites for hydroxylation is 1. The van der Waals surface area contributed by atoms with E-state index in [0.29, 0.717) is 23.3 Å². The molecule has 0 saturated heterocycles. The second kappa shape index (κ2) is 5.13. The van der Waals surface area contributed by atoms with E-state index in [-0.39, 0.29) is 10.5 Å². The maximum Gasteiger partial charge on any atom is 0.291 e. The Morgan fingerprint density at radius 2 is 2.20 bits per heavy atom. The van der Waals surface area contributed by atoms with E-state index in [0.717, 1.165) is 30.6 Å². The van der Waals surface area contributed by atoms with Crippen molar-refractivity contribution in [3.63, 3.8) is 0 Å². The molecular weight excluding hydrogens is 288 g/mol. The van der Waals surface area contributed by atoms with Crippen molar-refractivity contribution in [3.05, 3.63) is 21.7 Å². The number of aromatic nitrogens is 4. The van der Waals surface area contributed by atoms with Gasteiger partial charge in [-0.1, -0.05) is 16.5 Å². The van der Waals surface area contributed by atoms with Crippen molar-refractivity contribution in [2.75, 3.05) is 0 Å². The molecule has 108 valence electrons. The molecule has 0 unspecified atom stereocenters. The van der Waals surface area contributed by atoms with Crippen LogP contribution in [0.2, 0.25) is 0 Å². The summed E-state index contributed by atoms with van der Waals surface area (Å²) in [4.78, 5) is 4.26. The van der Waals surface area contributed by atoms with E-state index in [9.17, 15) is 8.78 Å². The van der Waals surface area contributed by atoms with Crippen LogP contribution in [0.1, 0.15) is 47.4 Å². The summed E-state index contributed by atoms with van der Waals surface area (Å²) in [6.07, 6.45) is 0.288. The van der Waals surface area contributed by atoms with Gasteiger partial charge < -0.3 is 4.52 Å². The number of nitrogens with zero attached hydrogens (tertiary/aromatic N) is 4. The molecule has 3 rings (SSSR count). The van der Waals surface area contributed by atoms with E-state index in [1.807, 2.05) is 0 Å². The van der Waals surface area contributed by atoms with E-state index >= 15 is 0 Å². The lowest BCUT2D eigenvalue weighted by Crippen LogP contribution is -2.48. The molecule has 2 aromatic heterocycles. The lowest BCUT2D eigenvalue weighted by molar-refractivity contribution is 0.150. The maximum atomic E-state index is 12.5.